The predicted molar refractivity (Wildman–Crippen MR) is 80.8 cm³/mol. The monoisotopic (exact) mass is 323 g/mol. The molecule has 6 heteroatoms. The number of alkyl halides is 1. The summed E-state index contributed by atoms with van der Waals surface area (Å²) in [5.41, 5.74) is 0.768. The van der Waals surface area contributed by atoms with Crippen LogP contribution in [-0.4, -0.2) is 36.6 Å². The Bertz CT molecular complexity index is 618. The number of methoxy groups -OCH3 is 1. The summed E-state index contributed by atoms with van der Waals surface area (Å²) in [7, 11) is 1.24. The molecule has 1 saturated heterocycles. The summed E-state index contributed by atoms with van der Waals surface area (Å²) in [5, 5.41) is 0. The van der Waals surface area contributed by atoms with E-state index >= 15 is 0 Å². The van der Waals surface area contributed by atoms with Crippen LogP contribution in [0.4, 0.5) is 8.78 Å². The summed E-state index contributed by atoms with van der Waals surface area (Å²) < 4.78 is 31.7. The maximum atomic E-state index is 13.8. The minimum absolute atomic E-state index is 0.0231. The van der Waals surface area contributed by atoms with E-state index in [4.69, 9.17) is 0 Å². The van der Waals surface area contributed by atoms with Gasteiger partial charge in [0.1, 0.15) is 12.0 Å². The summed E-state index contributed by atoms with van der Waals surface area (Å²) in [6.07, 6.45) is -0.815. The van der Waals surface area contributed by atoms with E-state index in [1.807, 2.05) is 0 Å². The average Bonchev–Trinajstić information content (AvgIpc) is 2.93. The Hall–Kier alpha value is -2.24. The quantitative estimate of drug-likeness (QED) is 0.618. The molecule has 1 heterocycles. The number of likely N-dealkylation sites (tertiary alicyclic amines) is 1. The van der Waals surface area contributed by atoms with E-state index in [9.17, 15) is 18.4 Å². The van der Waals surface area contributed by atoms with E-state index in [-0.39, 0.29) is 37.3 Å². The van der Waals surface area contributed by atoms with E-state index in [1.54, 1.807) is 6.07 Å². The molecule has 0 radical (unpaired) electrons. The van der Waals surface area contributed by atoms with Crippen molar-refractivity contribution in [1.29, 1.82) is 0 Å². The molecule has 4 nitrogen and oxygen atoms in total. The smallest absolute Gasteiger partial charge is 0.333 e. The third-order valence-electron chi connectivity index (χ3n) is 3.92. The second-order valence-corrected chi connectivity index (χ2v) is 5.55. The van der Waals surface area contributed by atoms with Gasteiger partial charge in [0, 0.05) is 18.4 Å². The highest BCUT2D eigenvalue weighted by atomic mass is 19.1. The minimum atomic E-state index is -1.14. The highest BCUT2D eigenvalue weighted by molar-refractivity contribution is 5.88. The highest BCUT2D eigenvalue weighted by Gasteiger charge is 2.36. The summed E-state index contributed by atoms with van der Waals surface area (Å²) >= 11 is 0. The molecule has 0 aromatic heterocycles. The van der Waals surface area contributed by atoms with Gasteiger partial charge in [-0.05, 0) is 24.1 Å². The first-order chi connectivity index (χ1) is 10.9. The van der Waals surface area contributed by atoms with Gasteiger partial charge in [0.15, 0.2) is 0 Å². The van der Waals surface area contributed by atoms with Gasteiger partial charge < -0.3 is 9.64 Å². The standard InChI is InChI=1S/C17H19F2NO3/c1-11(17(22)23-2)6-7-16(21)20-10-14(19)9-15(20)12-4-3-5-13(18)8-12/h3-5,8,14-15H,1,6-7,9-10H2,2H3. The molecule has 0 N–H and O–H groups in total. The molecule has 2 unspecified atom stereocenters. The lowest BCUT2D eigenvalue weighted by Crippen LogP contribution is -2.31. The van der Waals surface area contributed by atoms with Crippen molar-refractivity contribution in [1.82, 2.24) is 4.90 Å². The molecular formula is C17H19F2NO3. The van der Waals surface area contributed by atoms with Crippen LogP contribution in [0.1, 0.15) is 30.9 Å². The van der Waals surface area contributed by atoms with Crippen LogP contribution < -0.4 is 0 Å². The normalized spacial score (nSPS) is 20.4. The lowest BCUT2D eigenvalue weighted by molar-refractivity contribution is -0.136. The molecule has 1 fully saturated rings. The largest absolute Gasteiger partial charge is 0.466 e. The van der Waals surface area contributed by atoms with Crippen LogP contribution >= 0.6 is 0 Å². The van der Waals surface area contributed by atoms with Gasteiger partial charge in [-0.2, -0.15) is 0 Å². The Morgan fingerprint density at radius 1 is 1.39 bits per heavy atom. The molecule has 0 saturated carbocycles. The highest BCUT2D eigenvalue weighted by Crippen LogP contribution is 2.34. The third kappa shape index (κ3) is 4.15. The first-order valence-electron chi connectivity index (χ1n) is 7.37. The molecule has 23 heavy (non-hydrogen) atoms. The van der Waals surface area contributed by atoms with E-state index in [0.29, 0.717) is 5.56 Å². The van der Waals surface area contributed by atoms with Gasteiger partial charge >= 0.3 is 5.97 Å². The Balaban J connectivity index is 2.05. The predicted octanol–water partition coefficient (Wildman–Crippen LogP) is 2.95. The van der Waals surface area contributed by atoms with Crippen LogP contribution in [0.2, 0.25) is 0 Å². The molecular weight excluding hydrogens is 304 g/mol. The number of ether oxygens (including phenoxy) is 1. The Morgan fingerprint density at radius 3 is 2.78 bits per heavy atom. The zero-order chi connectivity index (χ0) is 17.0. The van der Waals surface area contributed by atoms with Crippen molar-refractivity contribution in [3.8, 4) is 0 Å². The van der Waals surface area contributed by atoms with E-state index in [0.717, 1.165) is 0 Å². The molecule has 1 aliphatic rings. The van der Waals surface area contributed by atoms with Crippen molar-refractivity contribution >= 4 is 11.9 Å². The molecule has 124 valence electrons. The number of amides is 1. The number of nitrogens with zero attached hydrogens (tertiary/aromatic N) is 1. The Morgan fingerprint density at radius 2 is 2.13 bits per heavy atom. The molecule has 1 aromatic rings. The van der Waals surface area contributed by atoms with Crippen molar-refractivity contribution in [2.45, 2.75) is 31.5 Å². The first-order valence-corrected chi connectivity index (χ1v) is 7.37. The van der Waals surface area contributed by atoms with Crippen LogP contribution in [0.25, 0.3) is 0 Å². The van der Waals surface area contributed by atoms with E-state index in [1.165, 1.54) is 30.2 Å². The van der Waals surface area contributed by atoms with Crippen LogP contribution in [-0.2, 0) is 14.3 Å². The average molecular weight is 323 g/mol. The summed E-state index contributed by atoms with van der Waals surface area (Å²) in [6.45, 7) is 3.54. The molecule has 2 rings (SSSR count). The topological polar surface area (TPSA) is 46.6 Å². The number of carbonyl (C=O) groups excluding carboxylic acids is 2. The Kier molecular flexibility index (Phi) is 5.47. The third-order valence-corrected chi connectivity index (χ3v) is 3.92. The number of carbonyl (C=O) groups is 2. The lowest BCUT2D eigenvalue weighted by Gasteiger charge is -2.25. The van der Waals surface area contributed by atoms with E-state index < -0.39 is 24.0 Å². The van der Waals surface area contributed by atoms with Crippen molar-refractivity contribution in [2.75, 3.05) is 13.7 Å². The Labute approximate surface area is 133 Å². The SMILES string of the molecule is C=C(CCC(=O)N1CC(F)CC1c1cccc(F)c1)C(=O)OC. The summed E-state index contributed by atoms with van der Waals surface area (Å²) in [6, 6.07) is 5.35. The number of hydrogen-bond acceptors (Lipinski definition) is 3. The maximum absolute atomic E-state index is 13.8. The molecule has 1 amide bonds. The molecule has 1 aliphatic heterocycles. The zero-order valence-electron chi connectivity index (χ0n) is 12.9. The van der Waals surface area contributed by atoms with Crippen LogP contribution in [0, 0.1) is 5.82 Å². The first kappa shape index (κ1) is 17.1. The minimum Gasteiger partial charge on any atom is -0.466 e. The molecule has 0 bridgehead atoms. The molecule has 0 aliphatic carbocycles. The van der Waals surface area contributed by atoms with Crippen molar-refractivity contribution in [2.24, 2.45) is 0 Å². The van der Waals surface area contributed by atoms with Crippen LogP contribution in [0.15, 0.2) is 36.4 Å². The molecule has 2 atom stereocenters. The summed E-state index contributed by atoms with van der Waals surface area (Å²) in [5.74, 6) is -1.27. The van der Waals surface area contributed by atoms with Crippen molar-refractivity contribution in [3.05, 3.63) is 47.8 Å². The van der Waals surface area contributed by atoms with Gasteiger partial charge in [0.25, 0.3) is 0 Å². The van der Waals surface area contributed by atoms with Gasteiger partial charge in [0.2, 0.25) is 5.91 Å². The van der Waals surface area contributed by atoms with Crippen molar-refractivity contribution in [3.63, 3.8) is 0 Å². The number of benzene rings is 1. The fourth-order valence-electron chi connectivity index (χ4n) is 2.74. The molecule has 0 spiro atoms. The van der Waals surface area contributed by atoms with E-state index in [2.05, 4.69) is 11.3 Å². The summed E-state index contributed by atoms with van der Waals surface area (Å²) in [4.78, 5) is 25.0. The number of esters is 1. The fourth-order valence-corrected chi connectivity index (χ4v) is 2.74. The van der Waals surface area contributed by atoms with Crippen LogP contribution in [0.3, 0.4) is 0 Å². The number of hydrogen-bond donors (Lipinski definition) is 0. The maximum Gasteiger partial charge on any atom is 0.333 e. The van der Waals surface area contributed by atoms with Gasteiger partial charge in [-0.25, -0.2) is 13.6 Å². The van der Waals surface area contributed by atoms with Gasteiger partial charge in [-0.3, -0.25) is 4.79 Å². The lowest BCUT2D eigenvalue weighted by atomic mass is 10.0. The number of halogens is 2. The fraction of sp³-hybridized carbons (Fsp3) is 0.412. The second-order valence-electron chi connectivity index (χ2n) is 5.55. The number of rotatable bonds is 5. The van der Waals surface area contributed by atoms with Gasteiger partial charge in [0.05, 0.1) is 19.7 Å². The van der Waals surface area contributed by atoms with Crippen LogP contribution in [0.5, 0.6) is 0 Å². The van der Waals surface area contributed by atoms with Gasteiger partial charge in [-0.1, -0.05) is 18.7 Å². The van der Waals surface area contributed by atoms with Crippen molar-refractivity contribution < 1.29 is 23.1 Å². The molecule has 1 aromatic carbocycles. The van der Waals surface area contributed by atoms with Gasteiger partial charge in [-0.15, -0.1) is 0 Å². The second kappa shape index (κ2) is 7.35. The zero-order valence-corrected chi connectivity index (χ0v) is 12.9.